The summed E-state index contributed by atoms with van der Waals surface area (Å²) in [5.41, 5.74) is 7.70. The predicted octanol–water partition coefficient (Wildman–Crippen LogP) is 5.65. The molecule has 0 aliphatic carbocycles. The number of hydrogen-bond donors (Lipinski definition) is 0. The Labute approximate surface area is 116 Å². The maximum Gasteiger partial charge on any atom is -0.00797 e. The highest BCUT2D eigenvalue weighted by molar-refractivity contribution is 5.82. The fraction of sp³-hybridized carbons (Fsp3) is 0.263. The Morgan fingerprint density at radius 2 is 1.74 bits per heavy atom. The van der Waals surface area contributed by atoms with Gasteiger partial charge in [0, 0.05) is 0 Å². The average Bonchev–Trinajstić information content (AvgIpc) is 2.40. The molecule has 0 heteroatoms. The predicted molar refractivity (Wildman–Crippen MR) is 85.3 cm³/mol. The largest absolute Gasteiger partial charge is 0.0955 e. The van der Waals surface area contributed by atoms with Gasteiger partial charge in [0.15, 0.2) is 0 Å². The van der Waals surface area contributed by atoms with E-state index in [-0.39, 0.29) is 0 Å². The van der Waals surface area contributed by atoms with Crippen LogP contribution in [0, 0.1) is 6.92 Å². The Bertz CT molecular complexity index is 573. The molecular formula is C19H22. The second-order valence-corrected chi connectivity index (χ2v) is 5.22. The molecule has 0 N–H and O–H groups in total. The van der Waals surface area contributed by atoms with Crippen LogP contribution in [0.15, 0.2) is 49.0 Å². The van der Waals surface area contributed by atoms with Crippen molar-refractivity contribution in [1.82, 2.24) is 0 Å². The van der Waals surface area contributed by atoms with Crippen molar-refractivity contribution in [2.45, 2.75) is 33.6 Å². The summed E-state index contributed by atoms with van der Waals surface area (Å²) in [6, 6.07) is 15.4. The van der Waals surface area contributed by atoms with Crippen LogP contribution in [-0.4, -0.2) is 0 Å². The second-order valence-electron chi connectivity index (χ2n) is 5.22. The standard InChI is InChI=1S/C19H22/c1-5-7-16-10-12-17(13-11-16)19-15(4)8-6-9-18(19)14(2)3/h6,8-13H,2,5,7H2,1,3-4H3. The molecule has 0 aromatic heterocycles. The van der Waals surface area contributed by atoms with E-state index in [9.17, 15) is 0 Å². The Kier molecular flexibility index (Phi) is 4.21. The number of hydrogen-bond acceptors (Lipinski definition) is 0. The summed E-state index contributed by atoms with van der Waals surface area (Å²) in [7, 11) is 0. The fourth-order valence-electron chi connectivity index (χ4n) is 2.53. The molecule has 0 amide bonds. The Morgan fingerprint density at radius 1 is 1.05 bits per heavy atom. The maximum atomic E-state index is 4.10. The molecule has 0 nitrogen and oxygen atoms in total. The van der Waals surface area contributed by atoms with E-state index >= 15 is 0 Å². The van der Waals surface area contributed by atoms with Crippen molar-refractivity contribution in [3.05, 3.63) is 65.7 Å². The van der Waals surface area contributed by atoms with E-state index in [0.29, 0.717) is 0 Å². The van der Waals surface area contributed by atoms with Crippen molar-refractivity contribution in [1.29, 1.82) is 0 Å². The van der Waals surface area contributed by atoms with Gasteiger partial charge in [0.25, 0.3) is 0 Å². The van der Waals surface area contributed by atoms with Crippen LogP contribution in [-0.2, 0) is 6.42 Å². The number of aryl methyl sites for hydroxylation is 2. The molecule has 0 atom stereocenters. The summed E-state index contributed by atoms with van der Waals surface area (Å²) >= 11 is 0. The van der Waals surface area contributed by atoms with Gasteiger partial charge in [0.2, 0.25) is 0 Å². The van der Waals surface area contributed by atoms with Crippen molar-refractivity contribution < 1.29 is 0 Å². The first-order valence-corrected chi connectivity index (χ1v) is 6.98. The Balaban J connectivity index is 2.49. The molecular weight excluding hydrogens is 228 g/mol. The summed E-state index contributed by atoms with van der Waals surface area (Å²) in [5.74, 6) is 0. The highest BCUT2D eigenvalue weighted by atomic mass is 14.1. The third kappa shape index (κ3) is 2.96. The zero-order chi connectivity index (χ0) is 13.8. The molecule has 0 fully saturated rings. The van der Waals surface area contributed by atoms with Crippen LogP contribution in [0.4, 0.5) is 0 Å². The van der Waals surface area contributed by atoms with Crippen molar-refractivity contribution in [3.8, 4) is 11.1 Å². The van der Waals surface area contributed by atoms with Gasteiger partial charge in [-0.15, -0.1) is 0 Å². The molecule has 0 saturated heterocycles. The minimum atomic E-state index is 1.12. The van der Waals surface area contributed by atoms with Crippen molar-refractivity contribution >= 4 is 5.57 Å². The topological polar surface area (TPSA) is 0 Å². The molecule has 2 aromatic carbocycles. The van der Waals surface area contributed by atoms with Crippen LogP contribution in [0.3, 0.4) is 0 Å². The first-order chi connectivity index (χ1) is 9.13. The molecule has 0 radical (unpaired) electrons. The smallest absolute Gasteiger partial charge is 0.00797 e. The summed E-state index contributed by atoms with van der Waals surface area (Å²) in [4.78, 5) is 0. The lowest BCUT2D eigenvalue weighted by molar-refractivity contribution is 0.922. The molecule has 0 aliphatic rings. The fourth-order valence-corrected chi connectivity index (χ4v) is 2.53. The summed E-state index contributed by atoms with van der Waals surface area (Å²) in [6.45, 7) is 10.6. The number of allylic oxidation sites excluding steroid dienone is 1. The molecule has 2 aromatic rings. The van der Waals surface area contributed by atoms with Crippen LogP contribution >= 0.6 is 0 Å². The molecule has 0 spiro atoms. The molecule has 0 aliphatic heterocycles. The van der Waals surface area contributed by atoms with Gasteiger partial charge in [0.05, 0.1) is 0 Å². The van der Waals surface area contributed by atoms with Crippen LogP contribution in [0.5, 0.6) is 0 Å². The normalized spacial score (nSPS) is 10.5. The van der Waals surface area contributed by atoms with Gasteiger partial charge in [-0.3, -0.25) is 0 Å². The zero-order valence-corrected chi connectivity index (χ0v) is 12.2. The van der Waals surface area contributed by atoms with Crippen LogP contribution in [0.2, 0.25) is 0 Å². The Hall–Kier alpha value is -1.82. The number of benzene rings is 2. The van der Waals surface area contributed by atoms with Crippen LogP contribution in [0.25, 0.3) is 16.7 Å². The number of rotatable bonds is 4. The van der Waals surface area contributed by atoms with E-state index in [1.54, 1.807) is 0 Å². The van der Waals surface area contributed by atoms with Gasteiger partial charge in [0.1, 0.15) is 0 Å². The lowest BCUT2D eigenvalue weighted by Gasteiger charge is -2.13. The third-order valence-electron chi connectivity index (χ3n) is 3.51. The van der Waals surface area contributed by atoms with Crippen LogP contribution in [0.1, 0.15) is 37.0 Å². The van der Waals surface area contributed by atoms with E-state index in [1.807, 2.05) is 0 Å². The van der Waals surface area contributed by atoms with Gasteiger partial charge in [-0.1, -0.05) is 68.0 Å². The van der Waals surface area contributed by atoms with E-state index in [0.717, 1.165) is 12.0 Å². The van der Waals surface area contributed by atoms with Gasteiger partial charge in [-0.2, -0.15) is 0 Å². The highest BCUT2D eigenvalue weighted by Gasteiger charge is 2.08. The van der Waals surface area contributed by atoms with Gasteiger partial charge >= 0.3 is 0 Å². The molecule has 0 saturated carbocycles. The third-order valence-corrected chi connectivity index (χ3v) is 3.51. The SMILES string of the molecule is C=C(C)c1cccc(C)c1-c1ccc(CCC)cc1. The quantitative estimate of drug-likeness (QED) is 0.658. The van der Waals surface area contributed by atoms with E-state index in [2.05, 4.69) is 69.8 Å². The lowest BCUT2D eigenvalue weighted by Crippen LogP contribution is -1.91. The summed E-state index contributed by atoms with van der Waals surface area (Å²) in [5, 5.41) is 0. The molecule has 19 heavy (non-hydrogen) atoms. The first kappa shape index (κ1) is 13.6. The maximum absolute atomic E-state index is 4.10. The van der Waals surface area contributed by atoms with E-state index < -0.39 is 0 Å². The average molecular weight is 250 g/mol. The Morgan fingerprint density at radius 3 is 2.32 bits per heavy atom. The molecule has 98 valence electrons. The summed E-state index contributed by atoms with van der Waals surface area (Å²) < 4.78 is 0. The van der Waals surface area contributed by atoms with Crippen molar-refractivity contribution in [3.63, 3.8) is 0 Å². The molecule has 2 rings (SSSR count). The van der Waals surface area contributed by atoms with E-state index in [4.69, 9.17) is 0 Å². The van der Waals surface area contributed by atoms with Crippen LogP contribution < -0.4 is 0 Å². The van der Waals surface area contributed by atoms with Gasteiger partial charge in [-0.05, 0) is 48.1 Å². The minimum absolute atomic E-state index is 1.12. The van der Waals surface area contributed by atoms with Gasteiger partial charge in [-0.25, -0.2) is 0 Å². The van der Waals surface area contributed by atoms with Crippen molar-refractivity contribution in [2.24, 2.45) is 0 Å². The molecule has 0 heterocycles. The molecule has 0 bridgehead atoms. The zero-order valence-electron chi connectivity index (χ0n) is 12.2. The van der Waals surface area contributed by atoms with Gasteiger partial charge < -0.3 is 0 Å². The molecule has 0 unspecified atom stereocenters. The highest BCUT2D eigenvalue weighted by Crippen LogP contribution is 2.31. The first-order valence-electron chi connectivity index (χ1n) is 6.98. The lowest BCUT2D eigenvalue weighted by atomic mass is 9.91. The summed E-state index contributed by atoms with van der Waals surface area (Å²) in [6.07, 6.45) is 2.35. The monoisotopic (exact) mass is 250 g/mol. The minimum Gasteiger partial charge on any atom is -0.0955 e. The van der Waals surface area contributed by atoms with Crippen molar-refractivity contribution in [2.75, 3.05) is 0 Å². The second kappa shape index (κ2) is 5.88. The van der Waals surface area contributed by atoms with E-state index in [1.165, 1.54) is 34.2 Å².